The maximum atomic E-state index is 15.3. The van der Waals surface area contributed by atoms with Gasteiger partial charge in [-0.25, -0.2) is 18.4 Å². The number of aromatic nitrogens is 1. The van der Waals surface area contributed by atoms with Crippen molar-refractivity contribution in [2.24, 2.45) is 5.92 Å². The van der Waals surface area contributed by atoms with Gasteiger partial charge in [-0.2, -0.15) is 0 Å². The molecule has 1 amide bonds. The number of aliphatic hydroxyl groups is 1. The summed E-state index contributed by atoms with van der Waals surface area (Å²) in [6.07, 6.45) is 0.800. The van der Waals surface area contributed by atoms with E-state index in [1.807, 2.05) is 4.90 Å². The van der Waals surface area contributed by atoms with Gasteiger partial charge in [-0.15, -0.1) is 0 Å². The summed E-state index contributed by atoms with van der Waals surface area (Å²) in [5.74, 6) is -1.64. The number of aliphatic hydroxyl groups excluding tert-OH is 1. The molecule has 13 heteroatoms. The van der Waals surface area contributed by atoms with Gasteiger partial charge in [0, 0.05) is 31.1 Å². The molecule has 41 heavy (non-hydrogen) atoms. The average Bonchev–Trinajstić information content (AvgIpc) is 3.56. The summed E-state index contributed by atoms with van der Waals surface area (Å²) < 4.78 is 47.2. The maximum absolute atomic E-state index is 15.3. The monoisotopic (exact) mass is 571 g/mol. The molecule has 3 aromatic rings. The Labute approximate surface area is 232 Å². The SMILES string of the molecule is O=C(O)Oc1cn(C2CC2)c2cc(N3CC[C@@H](COc4ccc(N5C[C@H](CO)OC5=O)cc4F)C3)c(F)cc2c1=O. The van der Waals surface area contributed by atoms with Crippen molar-refractivity contribution < 1.29 is 42.8 Å². The van der Waals surface area contributed by atoms with Crippen LogP contribution in [0.5, 0.6) is 11.5 Å². The number of anilines is 2. The lowest BCUT2D eigenvalue weighted by Gasteiger charge is -2.21. The van der Waals surface area contributed by atoms with Crippen LogP contribution in [0.2, 0.25) is 0 Å². The van der Waals surface area contributed by atoms with E-state index >= 15 is 4.39 Å². The van der Waals surface area contributed by atoms with Gasteiger partial charge in [-0.1, -0.05) is 0 Å². The Kier molecular flexibility index (Phi) is 6.89. The molecule has 3 heterocycles. The average molecular weight is 572 g/mol. The molecular formula is C28H27F2N3O8. The molecule has 0 unspecified atom stereocenters. The quantitative estimate of drug-likeness (QED) is 0.387. The van der Waals surface area contributed by atoms with Gasteiger partial charge in [0.1, 0.15) is 11.9 Å². The molecule has 6 rings (SSSR count). The van der Waals surface area contributed by atoms with E-state index in [-0.39, 0.29) is 48.6 Å². The zero-order valence-electron chi connectivity index (χ0n) is 21.8. The van der Waals surface area contributed by atoms with Gasteiger partial charge in [-0.05, 0) is 43.5 Å². The first-order chi connectivity index (χ1) is 19.7. The molecule has 216 valence electrons. The molecule has 1 saturated carbocycles. The normalized spacial score (nSPS) is 20.5. The van der Waals surface area contributed by atoms with E-state index in [4.69, 9.17) is 14.6 Å². The highest BCUT2D eigenvalue weighted by Crippen LogP contribution is 2.39. The fraction of sp³-hybridized carbons (Fsp3) is 0.393. The third kappa shape index (κ3) is 5.24. The van der Waals surface area contributed by atoms with Crippen LogP contribution in [0, 0.1) is 17.6 Å². The molecule has 3 fully saturated rings. The van der Waals surface area contributed by atoms with E-state index in [1.54, 1.807) is 10.6 Å². The molecule has 1 aromatic heterocycles. The fourth-order valence-electron chi connectivity index (χ4n) is 5.39. The molecule has 2 aromatic carbocycles. The molecular weight excluding hydrogens is 544 g/mol. The Morgan fingerprint density at radius 3 is 2.54 bits per heavy atom. The smallest absolute Gasteiger partial charge is 0.490 e. The number of cyclic esters (lactones) is 1. The van der Waals surface area contributed by atoms with Gasteiger partial charge in [0.2, 0.25) is 5.43 Å². The lowest BCUT2D eigenvalue weighted by atomic mass is 10.1. The number of nitrogens with zero attached hydrogens (tertiary/aromatic N) is 3. The van der Waals surface area contributed by atoms with Crippen LogP contribution in [0.25, 0.3) is 10.9 Å². The minimum absolute atomic E-state index is 0.0168. The number of hydrogen-bond donors (Lipinski definition) is 2. The maximum Gasteiger partial charge on any atom is 0.511 e. The number of benzene rings is 2. The Hall–Kier alpha value is -4.39. The largest absolute Gasteiger partial charge is 0.511 e. The second-order valence-electron chi connectivity index (χ2n) is 10.5. The summed E-state index contributed by atoms with van der Waals surface area (Å²) in [6.45, 7) is 0.943. The second-order valence-corrected chi connectivity index (χ2v) is 10.5. The van der Waals surface area contributed by atoms with Crippen molar-refractivity contribution in [3.63, 3.8) is 0 Å². The van der Waals surface area contributed by atoms with Gasteiger partial charge >= 0.3 is 12.2 Å². The highest BCUT2D eigenvalue weighted by Gasteiger charge is 2.33. The highest BCUT2D eigenvalue weighted by molar-refractivity contribution is 5.90. The van der Waals surface area contributed by atoms with Crippen molar-refractivity contribution in [1.82, 2.24) is 4.57 Å². The Balaban J connectivity index is 1.16. The van der Waals surface area contributed by atoms with Crippen LogP contribution < -0.4 is 24.7 Å². The van der Waals surface area contributed by atoms with Crippen molar-refractivity contribution in [2.75, 3.05) is 42.6 Å². The molecule has 2 aliphatic heterocycles. The molecule has 2 atom stereocenters. The van der Waals surface area contributed by atoms with Crippen LogP contribution >= 0.6 is 0 Å². The van der Waals surface area contributed by atoms with Crippen LogP contribution in [0.3, 0.4) is 0 Å². The van der Waals surface area contributed by atoms with Crippen LogP contribution in [-0.4, -0.2) is 66.0 Å². The Morgan fingerprint density at radius 1 is 1.05 bits per heavy atom. The first kappa shape index (κ1) is 26.8. The zero-order valence-corrected chi connectivity index (χ0v) is 21.8. The summed E-state index contributed by atoms with van der Waals surface area (Å²) >= 11 is 0. The van der Waals surface area contributed by atoms with Crippen molar-refractivity contribution in [2.45, 2.75) is 31.4 Å². The Morgan fingerprint density at radius 2 is 1.85 bits per heavy atom. The molecule has 1 aliphatic carbocycles. The van der Waals surface area contributed by atoms with E-state index in [0.29, 0.717) is 36.4 Å². The number of pyridine rings is 1. The molecule has 0 radical (unpaired) electrons. The predicted molar refractivity (Wildman–Crippen MR) is 142 cm³/mol. The van der Waals surface area contributed by atoms with Gasteiger partial charge < -0.3 is 33.9 Å². The summed E-state index contributed by atoms with van der Waals surface area (Å²) in [4.78, 5) is 38.9. The standard InChI is InChI=1S/C28H27F2N3O8/c29-20-8-19-22(32(16-1-2-16)12-25(26(19)35)41-28(37)38)9-23(20)31-6-5-15(10-31)14-39-24-4-3-17(7-21(24)30)33-11-18(13-34)40-27(33)36/h3-4,7-9,12,15-16,18,34H,1-2,5-6,10-11,13-14H2,(H,37,38)/t15-,18-/m1/s1. The van der Waals surface area contributed by atoms with E-state index in [2.05, 4.69) is 4.74 Å². The number of halogens is 2. The molecule has 0 bridgehead atoms. The minimum Gasteiger partial charge on any atom is -0.490 e. The van der Waals surface area contributed by atoms with E-state index in [1.165, 1.54) is 29.3 Å². The molecule has 2 saturated heterocycles. The molecule has 3 aliphatic rings. The first-order valence-corrected chi connectivity index (χ1v) is 13.3. The number of carbonyl (C=O) groups is 2. The summed E-state index contributed by atoms with van der Waals surface area (Å²) in [5.41, 5.74) is 0.414. The van der Waals surface area contributed by atoms with Crippen LogP contribution in [-0.2, 0) is 4.74 Å². The van der Waals surface area contributed by atoms with Gasteiger partial charge in [0.15, 0.2) is 17.3 Å². The minimum atomic E-state index is -1.62. The van der Waals surface area contributed by atoms with Gasteiger partial charge in [0.25, 0.3) is 0 Å². The Bertz CT molecular complexity index is 1590. The zero-order chi connectivity index (χ0) is 28.8. The second kappa shape index (κ2) is 10.5. The summed E-state index contributed by atoms with van der Waals surface area (Å²) in [7, 11) is 0. The van der Waals surface area contributed by atoms with Crippen molar-refractivity contribution in [3.05, 3.63) is 58.4 Å². The van der Waals surface area contributed by atoms with Crippen molar-refractivity contribution >= 4 is 34.5 Å². The molecule has 11 nitrogen and oxygen atoms in total. The van der Waals surface area contributed by atoms with Gasteiger partial charge in [0.05, 0.1) is 48.2 Å². The lowest BCUT2D eigenvalue weighted by Crippen LogP contribution is -2.25. The number of ether oxygens (including phenoxy) is 3. The number of amides is 1. The topological polar surface area (TPSA) is 131 Å². The number of carbonyl (C=O) groups excluding carboxylic acids is 1. The number of fused-ring (bicyclic) bond motifs is 1. The molecule has 0 spiro atoms. The third-order valence-corrected chi connectivity index (χ3v) is 7.61. The number of carboxylic acid groups (broad SMARTS) is 1. The summed E-state index contributed by atoms with van der Waals surface area (Å²) in [5, 5.41) is 18.2. The van der Waals surface area contributed by atoms with Crippen LogP contribution in [0.1, 0.15) is 25.3 Å². The van der Waals surface area contributed by atoms with Crippen LogP contribution in [0.15, 0.2) is 41.3 Å². The van der Waals surface area contributed by atoms with Gasteiger partial charge in [-0.3, -0.25) is 9.69 Å². The van der Waals surface area contributed by atoms with Crippen LogP contribution in [0.4, 0.5) is 29.7 Å². The fourth-order valence-corrected chi connectivity index (χ4v) is 5.39. The first-order valence-electron chi connectivity index (χ1n) is 13.3. The predicted octanol–water partition coefficient (Wildman–Crippen LogP) is 3.89. The third-order valence-electron chi connectivity index (χ3n) is 7.61. The van der Waals surface area contributed by atoms with E-state index in [0.717, 1.165) is 18.9 Å². The van der Waals surface area contributed by atoms with Crippen molar-refractivity contribution in [3.8, 4) is 11.5 Å². The lowest BCUT2D eigenvalue weighted by molar-refractivity contribution is 0.0963. The number of hydrogen-bond acceptors (Lipinski definition) is 8. The highest BCUT2D eigenvalue weighted by atomic mass is 19.1. The molecule has 2 N–H and O–H groups in total. The number of rotatable bonds is 8. The summed E-state index contributed by atoms with van der Waals surface area (Å²) in [6, 6.07) is 6.95. The van der Waals surface area contributed by atoms with E-state index in [9.17, 15) is 23.9 Å². The van der Waals surface area contributed by atoms with E-state index < -0.39 is 35.4 Å². The van der Waals surface area contributed by atoms with Crippen molar-refractivity contribution in [1.29, 1.82) is 0 Å².